The van der Waals surface area contributed by atoms with Crippen molar-refractivity contribution in [2.75, 3.05) is 13.6 Å². The van der Waals surface area contributed by atoms with E-state index in [0.29, 0.717) is 6.54 Å². The average molecular weight is 484 g/mol. The minimum Gasteiger partial charge on any atom is -0.361 e. The Balaban J connectivity index is 0.00000364. The Morgan fingerprint density at radius 3 is 2.26 bits per heavy atom. The third kappa shape index (κ3) is 6.23. The van der Waals surface area contributed by atoms with Crippen LogP contribution < -0.4 is 10.6 Å². The van der Waals surface area contributed by atoms with Gasteiger partial charge in [-0.3, -0.25) is 4.99 Å². The summed E-state index contributed by atoms with van der Waals surface area (Å²) in [5, 5.41) is 11.0. The molecule has 2 aromatic rings. The van der Waals surface area contributed by atoms with Crippen LogP contribution in [0.1, 0.15) is 53.1 Å². The quantitative estimate of drug-likeness (QED) is 0.351. The highest BCUT2D eigenvalue weighted by Gasteiger charge is 2.13. The van der Waals surface area contributed by atoms with Gasteiger partial charge < -0.3 is 15.2 Å². The Bertz CT molecular complexity index is 723. The average Bonchev–Trinajstić information content (AvgIpc) is 3.01. The zero-order valence-electron chi connectivity index (χ0n) is 17.4. The zero-order valence-corrected chi connectivity index (χ0v) is 19.7. The van der Waals surface area contributed by atoms with Gasteiger partial charge in [-0.2, -0.15) is 0 Å². The SMILES string of the molecule is CCc1noc(CC)c1CNC(=NC)NCCc1c(C)cc(C)cc1C.I. The smallest absolute Gasteiger partial charge is 0.191 e. The van der Waals surface area contributed by atoms with Gasteiger partial charge in [0.2, 0.25) is 0 Å². The first-order valence-corrected chi connectivity index (χ1v) is 9.47. The van der Waals surface area contributed by atoms with Crippen molar-refractivity contribution in [2.45, 2.75) is 60.4 Å². The molecule has 5 nitrogen and oxygen atoms in total. The van der Waals surface area contributed by atoms with Crippen LogP contribution in [0.5, 0.6) is 0 Å². The molecule has 1 aromatic carbocycles. The number of halogens is 1. The van der Waals surface area contributed by atoms with Gasteiger partial charge in [0.05, 0.1) is 5.69 Å². The molecule has 0 saturated carbocycles. The fourth-order valence-electron chi connectivity index (χ4n) is 3.44. The summed E-state index contributed by atoms with van der Waals surface area (Å²) in [6, 6.07) is 4.50. The molecule has 0 aliphatic carbocycles. The molecule has 0 atom stereocenters. The molecule has 0 spiro atoms. The van der Waals surface area contributed by atoms with Crippen molar-refractivity contribution in [2.24, 2.45) is 4.99 Å². The number of rotatable bonds is 7. The van der Waals surface area contributed by atoms with Crippen molar-refractivity contribution in [3.8, 4) is 0 Å². The molecule has 0 aliphatic heterocycles. The molecule has 1 heterocycles. The Kier molecular flexibility index (Phi) is 9.83. The van der Waals surface area contributed by atoms with E-state index in [4.69, 9.17) is 4.52 Å². The van der Waals surface area contributed by atoms with Gasteiger partial charge in [0.15, 0.2) is 5.96 Å². The molecule has 0 aliphatic rings. The lowest BCUT2D eigenvalue weighted by Gasteiger charge is -2.15. The van der Waals surface area contributed by atoms with Gasteiger partial charge >= 0.3 is 0 Å². The standard InChI is InChI=1S/C21H32N4O.HI/c1-7-19-18(20(8-2)26-25-19)13-24-21(22-6)23-10-9-17-15(4)11-14(3)12-16(17)5;/h11-12H,7-10,13H2,1-6H3,(H2,22,23,24);1H. The van der Waals surface area contributed by atoms with Crippen molar-refractivity contribution in [1.82, 2.24) is 15.8 Å². The molecular formula is C21H33IN4O. The van der Waals surface area contributed by atoms with E-state index < -0.39 is 0 Å². The molecule has 150 valence electrons. The second kappa shape index (κ2) is 11.3. The minimum absolute atomic E-state index is 0. The number of hydrogen-bond donors (Lipinski definition) is 2. The van der Waals surface area contributed by atoms with Crippen LogP contribution in [0.4, 0.5) is 0 Å². The number of guanidine groups is 1. The van der Waals surface area contributed by atoms with E-state index in [2.05, 4.69) is 67.5 Å². The lowest BCUT2D eigenvalue weighted by Crippen LogP contribution is -2.38. The molecule has 1 aromatic heterocycles. The third-order valence-corrected chi connectivity index (χ3v) is 4.77. The maximum Gasteiger partial charge on any atom is 0.191 e. The fourth-order valence-corrected chi connectivity index (χ4v) is 3.44. The first kappa shape index (κ1) is 23.5. The van der Waals surface area contributed by atoms with Crippen LogP contribution in [-0.4, -0.2) is 24.7 Å². The molecular weight excluding hydrogens is 451 g/mol. The highest BCUT2D eigenvalue weighted by atomic mass is 127. The molecule has 2 rings (SSSR count). The minimum atomic E-state index is 0. The lowest BCUT2D eigenvalue weighted by molar-refractivity contribution is 0.380. The topological polar surface area (TPSA) is 62.5 Å². The summed E-state index contributed by atoms with van der Waals surface area (Å²) in [5.41, 5.74) is 7.63. The highest BCUT2D eigenvalue weighted by Crippen LogP contribution is 2.17. The lowest BCUT2D eigenvalue weighted by atomic mass is 9.97. The van der Waals surface area contributed by atoms with Crippen molar-refractivity contribution in [3.63, 3.8) is 0 Å². The van der Waals surface area contributed by atoms with Gasteiger partial charge in [0.1, 0.15) is 5.76 Å². The Hall–Kier alpha value is -1.57. The van der Waals surface area contributed by atoms with Crippen molar-refractivity contribution >= 4 is 29.9 Å². The van der Waals surface area contributed by atoms with Crippen LogP contribution in [0.3, 0.4) is 0 Å². The molecule has 0 unspecified atom stereocenters. The number of hydrogen-bond acceptors (Lipinski definition) is 3. The first-order valence-electron chi connectivity index (χ1n) is 9.47. The van der Waals surface area contributed by atoms with Gasteiger partial charge in [-0.1, -0.05) is 36.7 Å². The fraction of sp³-hybridized carbons (Fsp3) is 0.524. The zero-order chi connectivity index (χ0) is 19.1. The van der Waals surface area contributed by atoms with E-state index in [0.717, 1.165) is 48.8 Å². The highest BCUT2D eigenvalue weighted by molar-refractivity contribution is 14.0. The van der Waals surface area contributed by atoms with E-state index in [1.165, 1.54) is 22.3 Å². The molecule has 0 saturated heterocycles. The van der Waals surface area contributed by atoms with Crippen LogP contribution in [-0.2, 0) is 25.8 Å². The summed E-state index contributed by atoms with van der Waals surface area (Å²) in [5.74, 6) is 1.76. The van der Waals surface area contributed by atoms with Crippen molar-refractivity contribution in [1.29, 1.82) is 0 Å². The van der Waals surface area contributed by atoms with Crippen LogP contribution in [0.15, 0.2) is 21.6 Å². The molecule has 6 heteroatoms. The predicted octanol–water partition coefficient (Wildman–Crippen LogP) is 4.25. The summed E-state index contributed by atoms with van der Waals surface area (Å²) in [7, 11) is 1.80. The third-order valence-electron chi connectivity index (χ3n) is 4.77. The number of nitrogens with one attached hydrogen (secondary N) is 2. The first-order chi connectivity index (χ1) is 12.5. The van der Waals surface area contributed by atoms with Crippen LogP contribution >= 0.6 is 24.0 Å². The molecule has 0 bridgehead atoms. The maximum absolute atomic E-state index is 5.43. The van der Waals surface area contributed by atoms with Crippen LogP contribution in [0, 0.1) is 20.8 Å². The van der Waals surface area contributed by atoms with Gasteiger partial charge in [0, 0.05) is 32.1 Å². The van der Waals surface area contributed by atoms with Crippen LogP contribution in [0.25, 0.3) is 0 Å². The molecule has 2 N–H and O–H groups in total. The van der Waals surface area contributed by atoms with Gasteiger partial charge in [-0.05, 0) is 50.3 Å². The number of aryl methyl sites for hydroxylation is 5. The monoisotopic (exact) mass is 484 g/mol. The Labute approximate surface area is 180 Å². The molecule has 27 heavy (non-hydrogen) atoms. The summed E-state index contributed by atoms with van der Waals surface area (Å²) < 4.78 is 5.43. The Morgan fingerprint density at radius 1 is 1.04 bits per heavy atom. The maximum atomic E-state index is 5.43. The number of aromatic nitrogens is 1. The largest absolute Gasteiger partial charge is 0.361 e. The van der Waals surface area contributed by atoms with E-state index in [1.54, 1.807) is 7.05 Å². The number of aliphatic imine (C=N–C) groups is 1. The van der Waals surface area contributed by atoms with E-state index >= 15 is 0 Å². The summed E-state index contributed by atoms with van der Waals surface area (Å²) in [4.78, 5) is 4.33. The summed E-state index contributed by atoms with van der Waals surface area (Å²) in [6.07, 6.45) is 2.70. The predicted molar refractivity (Wildman–Crippen MR) is 123 cm³/mol. The number of nitrogens with zero attached hydrogens (tertiary/aromatic N) is 2. The number of benzene rings is 1. The summed E-state index contributed by atoms with van der Waals surface area (Å²) >= 11 is 0. The normalized spacial score (nSPS) is 11.3. The van der Waals surface area contributed by atoms with Crippen LogP contribution in [0.2, 0.25) is 0 Å². The molecule has 0 radical (unpaired) electrons. The molecule has 0 fully saturated rings. The van der Waals surface area contributed by atoms with Crippen molar-refractivity contribution in [3.05, 3.63) is 51.4 Å². The Morgan fingerprint density at radius 2 is 1.70 bits per heavy atom. The second-order valence-electron chi connectivity index (χ2n) is 6.72. The van der Waals surface area contributed by atoms with Gasteiger partial charge in [-0.25, -0.2) is 0 Å². The van der Waals surface area contributed by atoms with E-state index in [9.17, 15) is 0 Å². The summed E-state index contributed by atoms with van der Waals surface area (Å²) in [6.45, 7) is 12.2. The van der Waals surface area contributed by atoms with Crippen molar-refractivity contribution < 1.29 is 4.52 Å². The van der Waals surface area contributed by atoms with Gasteiger partial charge in [0.25, 0.3) is 0 Å². The van der Waals surface area contributed by atoms with E-state index in [1.807, 2.05) is 0 Å². The molecule has 0 amide bonds. The second-order valence-corrected chi connectivity index (χ2v) is 6.72. The van der Waals surface area contributed by atoms with E-state index in [-0.39, 0.29) is 24.0 Å². The van der Waals surface area contributed by atoms with Gasteiger partial charge in [-0.15, -0.1) is 24.0 Å².